The highest BCUT2D eigenvalue weighted by Crippen LogP contribution is 2.26. The van der Waals surface area contributed by atoms with Crippen LogP contribution in [-0.4, -0.2) is 42.3 Å². The van der Waals surface area contributed by atoms with E-state index in [9.17, 15) is 0 Å². The number of hydrogen-bond acceptors (Lipinski definition) is 5. The third kappa shape index (κ3) is 4.10. The van der Waals surface area contributed by atoms with Crippen LogP contribution in [0, 0.1) is 0 Å². The molecule has 2 aromatic rings. The van der Waals surface area contributed by atoms with Crippen LogP contribution in [0.15, 0.2) is 36.4 Å². The molecule has 0 unspecified atom stereocenters. The van der Waals surface area contributed by atoms with Crippen LogP contribution >= 0.6 is 0 Å². The Morgan fingerprint density at radius 2 is 1.72 bits per heavy atom. The summed E-state index contributed by atoms with van der Waals surface area (Å²) in [6, 6.07) is 13.0. The lowest BCUT2D eigenvalue weighted by molar-refractivity contribution is 0.122. The van der Waals surface area contributed by atoms with Gasteiger partial charge in [0.05, 0.1) is 18.9 Å². The van der Waals surface area contributed by atoms with Crippen molar-refractivity contribution in [2.24, 2.45) is 0 Å². The summed E-state index contributed by atoms with van der Waals surface area (Å²) in [6.45, 7) is 3.18. The molecule has 0 radical (unpaired) electrons. The van der Waals surface area contributed by atoms with Crippen LogP contribution in [-0.2, 0) is 4.74 Å². The first-order valence-electron chi connectivity index (χ1n) is 9.42. The topological polar surface area (TPSA) is 50.3 Å². The summed E-state index contributed by atoms with van der Waals surface area (Å²) in [5, 5.41) is 3.66. The number of benzene rings is 1. The summed E-state index contributed by atoms with van der Waals surface area (Å²) >= 11 is 0. The van der Waals surface area contributed by atoms with E-state index in [4.69, 9.17) is 14.7 Å². The van der Waals surface area contributed by atoms with Crippen LogP contribution in [0.3, 0.4) is 0 Å². The Morgan fingerprint density at radius 1 is 0.960 bits per heavy atom. The predicted molar refractivity (Wildman–Crippen MR) is 101 cm³/mol. The van der Waals surface area contributed by atoms with Crippen LogP contribution < -0.4 is 10.2 Å². The van der Waals surface area contributed by atoms with Crippen LogP contribution in [0.5, 0.6) is 0 Å². The van der Waals surface area contributed by atoms with Crippen molar-refractivity contribution < 1.29 is 4.74 Å². The lowest BCUT2D eigenvalue weighted by Crippen LogP contribution is -2.37. The van der Waals surface area contributed by atoms with Crippen LogP contribution in [0.2, 0.25) is 0 Å². The highest BCUT2D eigenvalue weighted by molar-refractivity contribution is 5.64. The van der Waals surface area contributed by atoms with E-state index in [1.807, 2.05) is 6.07 Å². The van der Waals surface area contributed by atoms with Crippen molar-refractivity contribution in [3.63, 3.8) is 0 Å². The average Bonchev–Trinajstić information content (AvgIpc) is 2.70. The molecule has 1 saturated heterocycles. The summed E-state index contributed by atoms with van der Waals surface area (Å²) in [6.07, 6.45) is 6.45. The van der Waals surface area contributed by atoms with E-state index in [0.717, 1.165) is 49.3 Å². The Bertz CT molecular complexity index is 679. The van der Waals surface area contributed by atoms with Crippen molar-refractivity contribution >= 4 is 11.8 Å². The van der Waals surface area contributed by atoms with Gasteiger partial charge in [-0.3, -0.25) is 0 Å². The van der Waals surface area contributed by atoms with Crippen molar-refractivity contribution in [2.45, 2.75) is 38.1 Å². The standard InChI is InChI=1S/C20H26N4O/c1-3-7-16(8-4-1)18-15-19(21-17-9-5-2-6-10-17)23-20(22-18)24-11-13-25-14-12-24/h1,3-4,7-8,15,17H,2,5-6,9-14H2,(H,21,22,23). The SMILES string of the molecule is c1ccc(-c2cc(NC3CCCCC3)nc(N3CCOCC3)n2)cc1. The summed E-state index contributed by atoms with van der Waals surface area (Å²) in [7, 11) is 0. The van der Waals surface area contributed by atoms with Gasteiger partial charge in [-0.05, 0) is 12.8 Å². The number of morpholine rings is 1. The van der Waals surface area contributed by atoms with E-state index in [2.05, 4.69) is 40.5 Å². The van der Waals surface area contributed by atoms with E-state index in [1.165, 1.54) is 32.1 Å². The van der Waals surface area contributed by atoms with Gasteiger partial charge in [0, 0.05) is 30.8 Å². The fourth-order valence-corrected chi connectivity index (χ4v) is 3.63. The number of ether oxygens (including phenoxy) is 1. The van der Waals surface area contributed by atoms with Gasteiger partial charge >= 0.3 is 0 Å². The zero-order chi connectivity index (χ0) is 16.9. The van der Waals surface area contributed by atoms with Crippen molar-refractivity contribution in [3.8, 4) is 11.3 Å². The summed E-state index contributed by atoms with van der Waals surface area (Å²) < 4.78 is 5.47. The zero-order valence-electron chi connectivity index (χ0n) is 14.7. The molecular weight excluding hydrogens is 312 g/mol. The Hall–Kier alpha value is -2.14. The van der Waals surface area contributed by atoms with Gasteiger partial charge in [0.2, 0.25) is 5.95 Å². The molecule has 0 bridgehead atoms. The van der Waals surface area contributed by atoms with Gasteiger partial charge in [-0.1, -0.05) is 49.6 Å². The predicted octanol–water partition coefficient (Wildman–Crippen LogP) is 3.72. The number of rotatable bonds is 4. The van der Waals surface area contributed by atoms with Crippen LogP contribution in [0.25, 0.3) is 11.3 Å². The number of nitrogens with one attached hydrogen (secondary N) is 1. The average molecular weight is 338 g/mol. The number of anilines is 2. The fourth-order valence-electron chi connectivity index (χ4n) is 3.63. The minimum absolute atomic E-state index is 0.532. The molecule has 5 heteroatoms. The normalized spacial score (nSPS) is 19.0. The first kappa shape index (κ1) is 16.3. The molecule has 1 aliphatic carbocycles. The first-order valence-corrected chi connectivity index (χ1v) is 9.42. The quantitative estimate of drug-likeness (QED) is 0.921. The largest absolute Gasteiger partial charge is 0.378 e. The molecule has 2 fully saturated rings. The van der Waals surface area contributed by atoms with Crippen LogP contribution in [0.1, 0.15) is 32.1 Å². The molecule has 1 N–H and O–H groups in total. The molecule has 0 atom stereocenters. The zero-order valence-corrected chi connectivity index (χ0v) is 14.7. The minimum Gasteiger partial charge on any atom is -0.378 e. The minimum atomic E-state index is 0.532. The molecule has 2 aliphatic rings. The van der Waals surface area contributed by atoms with Crippen molar-refractivity contribution in [1.29, 1.82) is 0 Å². The number of aromatic nitrogens is 2. The fraction of sp³-hybridized carbons (Fsp3) is 0.500. The molecule has 1 aromatic carbocycles. The lowest BCUT2D eigenvalue weighted by Gasteiger charge is -2.28. The Kier molecular flexibility index (Phi) is 5.11. The second-order valence-electron chi connectivity index (χ2n) is 6.88. The molecule has 1 aromatic heterocycles. The van der Waals surface area contributed by atoms with Gasteiger partial charge in [-0.15, -0.1) is 0 Å². The van der Waals surface area contributed by atoms with E-state index >= 15 is 0 Å². The number of hydrogen-bond donors (Lipinski definition) is 1. The van der Waals surface area contributed by atoms with Gasteiger partial charge in [0.15, 0.2) is 0 Å². The Balaban J connectivity index is 1.64. The van der Waals surface area contributed by atoms with Crippen LogP contribution in [0.4, 0.5) is 11.8 Å². The third-order valence-corrected chi connectivity index (χ3v) is 5.04. The van der Waals surface area contributed by atoms with Gasteiger partial charge < -0.3 is 15.0 Å². The molecule has 25 heavy (non-hydrogen) atoms. The molecular formula is C20H26N4O. The molecule has 2 heterocycles. The molecule has 1 saturated carbocycles. The van der Waals surface area contributed by atoms with Gasteiger partial charge in [-0.25, -0.2) is 4.98 Å². The highest BCUT2D eigenvalue weighted by atomic mass is 16.5. The highest BCUT2D eigenvalue weighted by Gasteiger charge is 2.18. The maximum atomic E-state index is 5.47. The second kappa shape index (κ2) is 7.83. The first-order chi connectivity index (χ1) is 12.4. The van der Waals surface area contributed by atoms with Crippen molar-refractivity contribution in [1.82, 2.24) is 9.97 Å². The Morgan fingerprint density at radius 3 is 2.48 bits per heavy atom. The molecule has 4 rings (SSSR count). The number of nitrogens with zero attached hydrogens (tertiary/aromatic N) is 3. The van der Waals surface area contributed by atoms with E-state index in [-0.39, 0.29) is 0 Å². The third-order valence-electron chi connectivity index (χ3n) is 5.04. The smallest absolute Gasteiger partial charge is 0.228 e. The Labute approximate surface area is 149 Å². The monoisotopic (exact) mass is 338 g/mol. The maximum absolute atomic E-state index is 5.47. The molecule has 0 amide bonds. The van der Waals surface area contributed by atoms with E-state index in [0.29, 0.717) is 6.04 Å². The maximum Gasteiger partial charge on any atom is 0.228 e. The summed E-state index contributed by atoms with van der Waals surface area (Å²) in [5.74, 6) is 1.75. The van der Waals surface area contributed by atoms with Crippen molar-refractivity contribution in [3.05, 3.63) is 36.4 Å². The van der Waals surface area contributed by atoms with E-state index < -0.39 is 0 Å². The summed E-state index contributed by atoms with van der Waals surface area (Å²) in [4.78, 5) is 11.9. The van der Waals surface area contributed by atoms with Gasteiger partial charge in [0.1, 0.15) is 5.82 Å². The molecule has 1 aliphatic heterocycles. The lowest BCUT2D eigenvalue weighted by atomic mass is 9.95. The van der Waals surface area contributed by atoms with Crippen molar-refractivity contribution in [2.75, 3.05) is 36.5 Å². The van der Waals surface area contributed by atoms with Gasteiger partial charge in [-0.2, -0.15) is 4.98 Å². The second-order valence-corrected chi connectivity index (χ2v) is 6.88. The summed E-state index contributed by atoms with van der Waals surface area (Å²) in [5.41, 5.74) is 2.11. The molecule has 132 valence electrons. The van der Waals surface area contributed by atoms with Gasteiger partial charge in [0.25, 0.3) is 0 Å². The molecule has 0 spiro atoms. The molecule has 5 nitrogen and oxygen atoms in total. The van der Waals surface area contributed by atoms with E-state index in [1.54, 1.807) is 0 Å².